The number of nitrogens with zero attached hydrogens (tertiary/aromatic N) is 3. The van der Waals surface area contributed by atoms with Crippen molar-refractivity contribution in [1.82, 2.24) is 15.1 Å². The predicted molar refractivity (Wildman–Crippen MR) is 136 cm³/mol. The molecule has 184 valence electrons. The van der Waals surface area contributed by atoms with E-state index in [2.05, 4.69) is 10.4 Å². The fourth-order valence-corrected chi connectivity index (χ4v) is 4.65. The molecule has 1 atom stereocenters. The number of para-hydroxylation sites is 1. The maximum Gasteiger partial charge on any atom is 0.277 e. The summed E-state index contributed by atoms with van der Waals surface area (Å²) in [5.74, 6) is 0.763. The van der Waals surface area contributed by atoms with E-state index in [-0.39, 0.29) is 18.4 Å². The number of nitrogens with one attached hydrogen (secondary N) is 1. The van der Waals surface area contributed by atoms with Gasteiger partial charge in [-0.3, -0.25) is 19.2 Å². The van der Waals surface area contributed by atoms with Crippen LogP contribution in [0.1, 0.15) is 35.5 Å². The van der Waals surface area contributed by atoms with Crippen LogP contribution in [0, 0.1) is 0 Å². The van der Waals surface area contributed by atoms with Crippen molar-refractivity contribution in [1.29, 1.82) is 0 Å². The molecule has 0 spiro atoms. The molecule has 1 aliphatic heterocycles. The molecule has 2 aromatic heterocycles. The van der Waals surface area contributed by atoms with Gasteiger partial charge in [0.05, 0.1) is 19.9 Å². The largest absolute Gasteiger partial charge is 0.497 e. The molecule has 4 aromatic rings. The number of rotatable bonds is 7. The van der Waals surface area contributed by atoms with Crippen LogP contribution in [-0.4, -0.2) is 34.2 Å². The fourth-order valence-electron chi connectivity index (χ4n) is 4.65. The van der Waals surface area contributed by atoms with Crippen molar-refractivity contribution >= 4 is 17.5 Å². The van der Waals surface area contributed by atoms with Crippen molar-refractivity contribution in [3.05, 3.63) is 89.8 Å². The number of hydrogen-bond acceptors (Lipinski definition) is 5. The van der Waals surface area contributed by atoms with Gasteiger partial charge in [0.15, 0.2) is 5.76 Å². The highest BCUT2D eigenvalue weighted by atomic mass is 16.5. The van der Waals surface area contributed by atoms with Gasteiger partial charge in [-0.2, -0.15) is 5.10 Å². The van der Waals surface area contributed by atoms with Crippen LogP contribution in [0.2, 0.25) is 0 Å². The van der Waals surface area contributed by atoms with Gasteiger partial charge < -0.3 is 14.5 Å². The first-order valence-corrected chi connectivity index (χ1v) is 11.9. The van der Waals surface area contributed by atoms with E-state index >= 15 is 0 Å². The summed E-state index contributed by atoms with van der Waals surface area (Å²) in [6, 6.07) is 20.5. The number of methoxy groups -OCH3 is 1. The molecule has 0 bridgehead atoms. The van der Waals surface area contributed by atoms with Crippen LogP contribution < -0.4 is 15.0 Å². The molecular weight excluding hydrogens is 456 g/mol. The second-order valence-electron chi connectivity index (χ2n) is 8.98. The first-order chi connectivity index (χ1) is 17.4. The maximum absolute atomic E-state index is 14.0. The van der Waals surface area contributed by atoms with E-state index in [1.54, 1.807) is 48.1 Å². The number of benzene rings is 2. The third kappa shape index (κ3) is 4.04. The van der Waals surface area contributed by atoms with E-state index in [0.29, 0.717) is 23.7 Å². The molecule has 5 rings (SSSR count). The van der Waals surface area contributed by atoms with Gasteiger partial charge in [0, 0.05) is 18.3 Å². The minimum absolute atomic E-state index is 0.196. The van der Waals surface area contributed by atoms with E-state index in [4.69, 9.17) is 9.15 Å². The Labute approximate surface area is 209 Å². The second-order valence-corrected chi connectivity index (χ2v) is 8.98. The Morgan fingerprint density at radius 2 is 1.92 bits per heavy atom. The third-order valence-electron chi connectivity index (χ3n) is 6.64. The van der Waals surface area contributed by atoms with Gasteiger partial charge in [-0.05, 0) is 54.8 Å². The lowest BCUT2D eigenvalue weighted by molar-refractivity contribution is -0.126. The van der Waals surface area contributed by atoms with Gasteiger partial charge in [0.1, 0.15) is 22.7 Å². The van der Waals surface area contributed by atoms with Crippen LogP contribution in [0.5, 0.6) is 5.75 Å². The predicted octanol–water partition coefficient (Wildman–Crippen LogP) is 4.45. The highest BCUT2D eigenvalue weighted by molar-refractivity contribution is 6.12. The van der Waals surface area contributed by atoms with Gasteiger partial charge in [0.2, 0.25) is 5.91 Å². The van der Waals surface area contributed by atoms with Crippen molar-refractivity contribution in [2.24, 2.45) is 0 Å². The van der Waals surface area contributed by atoms with Gasteiger partial charge >= 0.3 is 0 Å². The zero-order chi connectivity index (χ0) is 25.3. The number of anilines is 1. The van der Waals surface area contributed by atoms with Crippen molar-refractivity contribution in [2.75, 3.05) is 12.0 Å². The molecule has 0 fully saturated rings. The molecule has 1 N–H and O–H groups in total. The summed E-state index contributed by atoms with van der Waals surface area (Å²) in [4.78, 5) is 29.4. The van der Waals surface area contributed by atoms with Gasteiger partial charge in [-0.25, -0.2) is 0 Å². The summed E-state index contributed by atoms with van der Waals surface area (Å²) in [5, 5.41) is 7.65. The summed E-state index contributed by atoms with van der Waals surface area (Å²) in [6.07, 6.45) is 2.29. The topological polar surface area (TPSA) is 89.6 Å². The standard InChI is InChI=1S/C28H28N4O4/c1-4-20-8-5-6-9-23(20)32-26(33)24-16-22(25-10-7-15-36-25)30-31(24)18-28(32,2)27(34)29-17-19-11-13-21(35-3)14-12-19/h5-16H,4,17-18H2,1-3H3,(H,29,34)/t28-/m1/s1. The number of carbonyl (C=O) groups is 2. The molecule has 3 heterocycles. The van der Waals surface area contributed by atoms with E-state index < -0.39 is 5.54 Å². The van der Waals surface area contributed by atoms with Crippen LogP contribution >= 0.6 is 0 Å². The van der Waals surface area contributed by atoms with E-state index in [1.165, 1.54) is 0 Å². The van der Waals surface area contributed by atoms with Gasteiger partial charge in [-0.15, -0.1) is 0 Å². The molecule has 0 saturated carbocycles. The minimum Gasteiger partial charge on any atom is -0.497 e. The Morgan fingerprint density at radius 1 is 1.14 bits per heavy atom. The van der Waals surface area contributed by atoms with Crippen molar-refractivity contribution in [3.8, 4) is 17.2 Å². The van der Waals surface area contributed by atoms with Gasteiger partial charge in [-0.1, -0.05) is 37.3 Å². The third-order valence-corrected chi connectivity index (χ3v) is 6.64. The Kier molecular flexibility index (Phi) is 6.10. The summed E-state index contributed by atoms with van der Waals surface area (Å²) in [6.45, 7) is 4.34. The number of fused-ring (bicyclic) bond motifs is 1. The molecule has 8 nitrogen and oxygen atoms in total. The van der Waals surface area contributed by atoms with Crippen LogP contribution in [-0.2, 0) is 24.3 Å². The Bertz CT molecular complexity index is 1390. The number of amides is 2. The number of hydrogen-bond donors (Lipinski definition) is 1. The number of aromatic nitrogens is 2. The average Bonchev–Trinajstić information content (AvgIpc) is 3.58. The number of ether oxygens (including phenoxy) is 1. The van der Waals surface area contributed by atoms with Crippen molar-refractivity contribution in [3.63, 3.8) is 0 Å². The van der Waals surface area contributed by atoms with E-state index in [0.717, 1.165) is 29.0 Å². The Morgan fingerprint density at radius 3 is 2.61 bits per heavy atom. The van der Waals surface area contributed by atoms with Crippen LogP contribution in [0.25, 0.3) is 11.5 Å². The zero-order valence-electron chi connectivity index (χ0n) is 20.5. The Balaban J connectivity index is 1.53. The van der Waals surface area contributed by atoms with Crippen molar-refractivity contribution < 1.29 is 18.7 Å². The monoisotopic (exact) mass is 484 g/mol. The smallest absolute Gasteiger partial charge is 0.277 e. The molecule has 0 unspecified atom stereocenters. The molecule has 36 heavy (non-hydrogen) atoms. The van der Waals surface area contributed by atoms with E-state index in [9.17, 15) is 9.59 Å². The molecule has 8 heteroatoms. The number of furan rings is 1. The molecule has 2 aromatic carbocycles. The van der Waals surface area contributed by atoms with Gasteiger partial charge in [0.25, 0.3) is 5.91 Å². The molecule has 0 saturated heterocycles. The molecular formula is C28H28N4O4. The SMILES string of the molecule is CCc1ccccc1N1C(=O)c2cc(-c3ccco3)nn2C[C@]1(C)C(=O)NCc1ccc(OC)cc1. The summed E-state index contributed by atoms with van der Waals surface area (Å²) < 4.78 is 12.3. The van der Waals surface area contributed by atoms with Crippen LogP contribution in [0.3, 0.4) is 0 Å². The lowest BCUT2D eigenvalue weighted by Gasteiger charge is -2.43. The van der Waals surface area contributed by atoms with E-state index in [1.807, 2.05) is 55.5 Å². The fraction of sp³-hybridized carbons (Fsp3) is 0.250. The summed E-state index contributed by atoms with van der Waals surface area (Å²) in [7, 11) is 1.61. The molecule has 0 aliphatic carbocycles. The molecule has 0 radical (unpaired) electrons. The maximum atomic E-state index is 14.0. The first kappa shape index (κ1) is 23.4. The zero-order valence-corrected chi connectivity index (χ0v) is 20.5. The van der Waals surface area contributed by atoms with Crippen LogP contribution in [0.4, 0.5) is 5.69 Å². The highest BCUT2D eigenvalue weighted by Crippen LogP contribution is 2.36. The lowest BCUT2D eigenvalue weighted by Crippen LogP contribution is -2.64. The summed E-state index contributed by atoms with van der Waals surface area (Å²) >= 11 is 0. The first-order valence-electron chi connectivity index (χ1n) is 11.9. The average molecular weight is 485 g/mol. The van der Waals surface area contributed by atoms with Crippen molar-refractivity contribution in [2.45, 2.75) is 38.9 Å². The number of aryl methyl sites for hydroxylation is 1. The quantitative estimate of drug-likeness (QED) is 0.419. The minimum atomic E-state index is -1.21. The lowest BCUT2D eigenvalue weighted by atomic mass is 9.92. The normalized spacial score (nSPS) is 17.1. The molecule has 1 aliphatic rings. The number of carbonyl (C=O) groups excluding carboxylic acids is 2. The van der Waals surface area contributed by atoms with Crippen LogP contribution in [0.15, 0.2) is 77.4 Å². The second kappa shape index (κ2) is 9.37. The summed E-state index contributed by atoms with van der Waals surface area (Å²) in [5.41, 5.74) is 2.38. The highest BCUT2D eigenvalue weighted by Gasteiger charge is 2.49. The Hall–Kier alpha value is -4.33. The molecule has 2 amide bonds.